The Kier molecular flexibility index (Phi) is 3.43. The van der Waals surface area contributed by atoms with Gasteiger partial charge in [0, 0.05) is 18.0 Å². The second-order valence-electron chi connectivity index (χ2n) is 3.41. The van der Waals surface area contributed by atoms with Crippen LogP contribution in [0.25, 0.3) is 0 Å². The molecule has 2 N–H and O–H groups in total. The highest BCUT2D eigenvalue weighted by Crippen LogP contribution is 2.08. The maximum absolute atomic E-state index is 5.32. The summed E-state index contributed by atoms with van der Waals surface area (Å²) in [5.74, 6) is 5.89. The predicted octanol–water partition coefficient (Wildman–Crippen LogP) is 1.79. The molecule has 0 fully saturated rings. The summed E-state index contributed by atoms with van der Waals surface area (Å²) in [5, 5.41) is 3.79. The maximum Gasteiger partial charge on any atom is 0.0676 e. The van der Waals surface area contributed by atoms with Crippen LogP contribution in [0.2, 0.25) is 0 Å². The normalized spacial score (nSPS) is 12.1. The average Bonchev–Trinajstić information content (AvgIpc) is 2.15. The van der Waals surface area contributed by atoms with Crippen LogP contribution in [0.4, 0.5) is 0 Å². The van der Waals surface area contributed by atoms with Crippen LogP contribution in [-0.4, -0.2) is 10.7 Å². The highest BCUT2D eigenvalue weighted by atomic mass is 15.1. The summed E-state index contributed by atoms with van der Waals surface area (Å²) in [6.07, 6.45) is 4.40. The first-order valence-corrected chi connectivity index (χ1v) is 4.41. The first-order chi connectivity index (χ1) is 6.24. The van der Waals surface area contributed by atoms with Crippen molar-refractivity contribution in [1.82, 2.24) is 4.98 Å². The molecule has 0 spiro atoms. The van der Waals surface area contributed by atoms with E-state index in [1.807, 2.05) is 12.1 Å². The Balaban J connectivity index is 2.80. The molecular weight excluding hydrogens is 162 g/mol. The van der Waals surface area contributed by atoms with E-state index in [4.69, 9.17) is 5.84 Å². The third-order valence-corrected chi connectivity index (χ3v) is 1.77. The van der Waals surface area contributed by atoms with E-state index in [0.29, 0.717) is 5.92 Å². The molecular formula is C10H15N3. The fourth-order valence-electron chi connectivity index (χ4n) is 1.18. The standard InChI is InChI=1S/C10H15N3/c1-8(2)7-10(13-11)9-3-5-12-6-4-9/h3-6,8H,7,11H2,1-2H3. The van der Waals surface area contributed by atoms with Gasteiger partial charge in [0.15, 0.2) is 0 Å². The van der Waals surface area contributed by atoms with Gasteiger partial charge in [0.05, 0.1) is 5.71 Å². The number of aromatic nitrogens is 1. The Hall–Kier alpha value is -1.38. The molecule has 70 valence electrons. The fourth-order valence-corrected chi connectivity index (χ4v) is 1.18. The van der Waals surface area contributed by atoms with Gasteiger partial charge >= 0.3 is 0 Å². The zero-order chi connectivity index (χ0) is 9.68. The highest BCUT2D eigenvalue weighted by molar-refractivity contribution is 6.00. The van der Waals surface area contributed by atoms with Crippen LogP contribution < -0.4 is 5.84 Å². The first kappa shape index (κ1) is 9.71. The molecule has 0 aliphatic carbocycles. The molecule has 3 heteroatoms. The van der Waals surface area contributed by atoms with Crippen LogP contribution in [0.3, 0.4) is 0 Å². The van der Waals surface area contributed by atoms with Crippen molar-refractivity contribution in [2.24, 2.45) is 16.9 Å². The van der Waals surface area contributed by atoms with E-state index in [-0.39, 0.29) is 0 Å². The van der Waals surface area contributed by atoms with E-state index in [2.05, 4.69) is 23.9 Å². The predicted molar refractivity (Wildman–Crippen MR) is 54.4 cm³/mol. The smallest absolute Gasteiger partial charge is 0.0676 e. The minimum absolute atomic E-state index is 0.565. The van der Waals surface area contributed by atoms with E-state index in [1.165, 1.54) is 0 Å². The van der Waals surface area contributed by atoms with Crippen LogP contribution >= 0.6 is 0 Å². The van der Waals surface area contributed by atoms with Crippen LogP contribution in [0.5, 0.6) is 0 Å². The summed E-state index contributed by atoms with van der Waals surface area (Å²) >= 11 is 0. The largest absolute Gasteiger partial charge is 0.323 e. The van der Waals surface area contributed by atoms with Crippen LogP contribution in [0.15, 0.2) is 29.6 Å². The summed E-state index contributed by atoms with van der Waals surface area (Å²) in [6, 6.07) is 3.85. The number of nitrogens with zero attached hydrogens (tertiary/aromatic N) is 2. The number of hydrogen-bond donors (Lipinski definition) is 1. The molecule has 0 aliphatic rings. The van der Waals surface area contributed by atoms with E-state index >= 15 is 0 Å². The van der Waals surface area contributed by atoms with Gasteiger partial charge in [-0.05, 0) is 24.5 Å². The third kappa shape index (κ3) is 2.86. The Morgan fingerprint density at radius 2 is 2.08 bits per heavy atom. The molecule has 0 aliphatic heterocycles. The van der Waals surface area contributed by atoms with E-state index in [0.717, 1.165) is 17.7 Å². The van der Waals surface area contributed by atoms with Crippen LogP contribution in [0.1, 0.15) is 25.8 Å². The molecule has 0 atom stereocenters. The van der Waals surface area contributed by atoms with Gasteiger partial charge < -0.3 is 5.84 Å². The summed E-state index contributed by atoms with van der Waals surface area (Å²) in [7, 11) is 0. The molecule has 13 heavy (non-hydrogen) atoms. The van der Waals surface area contributed by atoms with Gasteiger partial charge in [-0.2, -0.15) is 5.10 Å². The molecule has 1 rings (SSSR count). The molecule has 0 radical (unpaired) electrons. The van der Waals surface area contributed by atoms with Gasteiger partial charge in [-0.3, -0.25) is 4.98 Å². The Morgan fingerprint density at radius 1 is 1.46 bits per heavy atom. The Labute approximate surface area is 78.7 Å². The van der Waals surface area contributed by atoms with Crippen molar-refractivity contribution in [2.75, 3.05) is 0 Å². The molecule has 0 aromatic carbocycles. The second-order valence-corrected chi connectivity index (χ2v) is 3.41. The summed E-state index contributed by atoms with van der Waals surface area (Å²) in [5.41, 5.74) is 2.00. The minimum atomic E-state index is 0.565. The number of rotatable bonds is 3. The van der Waals surface area contributed by atoms with Crippen molar-refractivity contribution < 1.29 is 0 Å². The second kappa shape index (κ2) is 4.60. The molecule has 1 aromatic heterocycles. The molecule has 0 bridgehead atoms. The molecule has 0 amide bonds. The highest BCUT2D eigenvalue weighted by Gasteiger charge is 2.04. The average molecular weight is 177 g/mol. The quantitative estimate of drug-likeness (QED) is 0.434. The van der Waals surface area contributed by atoms with Crippen molar-refractivity contribution in [1.29, 1.82) is 0 Å². The lowest BCUT2D eigenvalue weighted by Gasteiger charge is -2.07. The Bertz CT molecular complexity index is 277. The number of hydrogen-bond acceptors (Lipinski definition) is 3. The maximum atomic E-state index is 5.32. The van der Waals surface area contributed by atoms with Gasteiger partial charge in [0.2, 0.25) is 0 Å². The lowest BCUT2D eigenvalue weighted by Crippen LogP contribution is -2.07. The molecule has 1 aromatic rings. The van der Waals surface area contributed by atoms with Gasteiger partial charge in [0.25, 0.3) is 0 Å². The Morgan fingerprint density at radius 3 is 2.54 bits per heavy atom. The molecule has 3 nitrogen and oxygen atoms in total. The monoisotopic (exact) mass is 177 g/mol. The SMILES string of the molecule is CC(C)CC(=NN)c1ccncc1. The van der Waals surface area contributed by atoms with Crippen LogP contribution in [-0.2, 0) is 0 Å². The first-order valence-electron chi connectivity index (χ1n) is 4.41. The van der Waals surface area contributed by atoms with E-state index < -0.39 is 0 Å². The molecule has 0 saturated carbocycles. The summed E-state index contributed by atoms with van der Waals surface area (Å²) in [6.45, 7) is 4.29. The van der Waals surface area contributed by atoms with Gasteiger partial charge in [-0.1, -0.05) is 13.8 Å². The zero-order valence-electron chi connectivity index (χ0n) is 8.07. The molecule has 0 saturated heterocycles. The topological polar surface area (TPSA) is 51.3 Å². The number of pyridine rings is 1. The van der Waals surface area contributed by atoms with E-state index in [9.17, 15) is 0 Å². The van der Waals surface area contributed by atoms with Crippen molar-refractivity contribution in [3.63, 3.8) is 0 Å². The lowest BCUT2D eigenvalue weighted by molar-refractivity contribution is 0.683. The van der Waals surface area contributed by atoms with Gasteiger partial charge in [-0.15, -0.1) is 0 Å². The van der Waals surface area contributed by atoms with Crippen molar-refractivity contribution in [3.05, 3.63) is 30.1 Å². The van der Waals surface area contributed by atoms with Gasteiger partial charge in [-0.25, -0.2) is 0 Å². The number of nitrogens with two attached hydrogens (primary N) is 1. The molecule has 1 heterocycles. The van der Waals surface area contributed by atoms with Crippen LogP contribution in [0, 0.1) is 5.92 Å². The lowest BCUT2D eigenvalue weighted by atomic mass is 10.0. The fraction of sp³-hybridized carbons (Fsp3) is 0.400. The number of hydrazone groups is 1. The van der Waals surface area contributed by atoms with E-state index in [1.54, 1.807) is 12.4 Å². The minimum Gasteiger partial charge on any atom is -0.323 e. The van der Waals surface area contributed by atoms with Crippen molar-refractivity contribution in [2.45, 2.75) is 20.3 Å². The third-order valence-electron chi connectivity index (χ3n) is 1.77. The van der Waals surface area contributed by atoms with Crippen molar-refractivity contribution >= 4 is 5.71 Å². The van der Waals surface area contributed by atoms with Gasteiger partial charge in [0.1, 0.15) is 0 Å². The molecule has 0 unspecified atom stereocenters. The van der Waals surface area contributed by atoms with Crippen molar-refractivity contribution in [3.8, 4) is 0 Å². The zero-order valence-corrected chi connectivity index (χ0v) is 8.07. The summed E-state index contributed by atoms with van der Waals surface area (Å²) < 4.78 is 0. The summed E-state index contributed by atoms with van der Waals surface area (Å²) in [4.78, 5) is 3.95.